The van der Waals surface area contributed by atoms with E-state index in [0.717, 1.165) is 41.5 Å². The highest BCUT2D eigenvalue weighted by atomic mass is 32.2. The fourth-order valence-corrected chi connectivity index (χ4v) is 5.07. The van der Waals surface area contributed by atoms with Crippen LogP contribution in [0.25, 0.3) is 0 Å². The Morgan fingerprint density at radius 2 is 2.30 bits per heavy atom. The van der Waals surface area contributed by atoms with Gasteiger partial charge in [-0.05, 0) is 30.7 Å². The summed E-state index contributed by atoms with van der Waals surface area (Å²) in [7, 11) is 1.33. The van der Waals surface area contributed by atoms with E-state index in [4.69, 9.17) is 10.5 Å². The van der Waals surface area contributed by atoms with E-state index in [1.54, 1.807) is 0 Å². The number of ether oxygens (including phenoxy) is 1. The van der Waals surface area contributed by atoms with Gasteiger partial charge >= 0.3 is 5.97 Å². The molecule has 1 amide bonds. The highest BCUT2D eigenvalue weighted by molar-refractivity contribution is 7.99. The van der Waals surface area contributed by atoms with Gasteiger partial charge in [0.05, 0.1) is 18.4 Å². The maximum absolute atomic E-state index is 12.4. The number of hydrogen-bond acceptors (Lipinski definition) is 8. The van der Waals surface area contributed by atoms with Crippen LogP contribution in [0.3, 0.4) is 0 Å². The lowest BCUT2D eigenvalue weighted by Crippen LogP contribution is -2.18. The number of nitrogens with zero attached hydrogens (tertiary/aromatic N) is 1. The highest BCUT2D eigenvalue weighted by Gasteiger charge is 2.28. The monoisotopic (exact) mass is 408 g/mol. The van der Waals surface area contributed by atoms with Crippen molar-refractivity contribution in [3.63, 3.8) is 0 Å². The quantitative estimate of drug-likeness (QED) is 0.392. The second kappa shape index (κ2) is 8.13. The van der Waals surface area contributed by atoms with Crippen LogP contribution in [-0.2, 0) is 22.4 Å². The highest BCUT2D eigenvalue weighted by Crippen LogP contribution is 2.40. The van der Waals surface area contributed by atoms with E-state index >= 15 is 0 Å². The molecular formula is C17H20N4O4S2. The zero-order valence-electron chi connectivity index (χ0n) is 15.0. The van der Waals surface area contributed by atoms with Gasteiger partial charge in [0.15, 0.2) is 5.16 Å². The number of aromatic nitrogens is 2. The van der Waals surface area contributed by atoms with Gasteiger partial charge in [0, 0.05) is 10.9 Å². The van der Waals surface area contributed by atoms with E-state index in [0.29, 0.717) is 16.5 Å². The molecule has 1 aliphatic carbocycles. The first-order chi connectivity index (χ1) is 12.9. The van der Waals surface area contributed by atoms with Crippen molar-refractivity contribution in [1.29, 1.82) is 0 Å². The zero-order chi connectivity index (χ0) is 19.6. The summed E-state index contributed by atoms with van der Waals surface area (Å²) < 4.78 is 4.91. The summed E-state index contributed by atoms with van der Waals surface area (Å²) in [6, 6.07) is 1.17. The first kappa shape index (κ1) is 19.4. The Balaban J connectivity index is 1.75. The molecule has 4 N–H and O–H groups in total. The zero-order valence-corrected chi connectivity index (χ0v) is 16.6. The molecule has 27 heavy (non-hydrogen) atoms. The maximum Gasteiger partial charge on any atom is 0.341 e. The Morgan fingerprint density at radius 3 is 3.00 bits per heavy atom. The van der Waals surface area contributed by atoms with Crippen molar-refractivity contribution < 1.29 is 14.3 Å². The number of nitrogen functional groups attached to an aromatic ring is 1. The molecule has 0 radical (unpaired) electrons. The summed E-state index contributed by atoms with van der Waals surface area (Å²) in [4.78, 5) is 43.6. The molecule has 3 rings (SSSR count). The number of nitrogens with two attached hydrogens (primary N) is 1. The van der Waals surface area contributed by atoms with Crippen LogP contribution in [-0.4, -0.2) is 34.7 Å². The summed E-state index contributed by atoms with van der Waals surface area (Å²) in [5.74, 6) is -0.0815. The van der Waals surface area contributed by atoms with Gasteiger partial charge in [-0.15, -0.1) is 11.3 Å². The summed E-state index contributed by atoms with van der Waals surface area (Å²) >= 11 is 2.49. The number of rotatable bonds is 5. The minimum Gasteiger partial charge on any atom is -0.465 e. The third-order valence-electron chi connectivity index (χ3n) is 4.23. The summed E-state index contributed by atoms with van der Waals surface area (Å²) in [5.41, 5.74) is 6.59. The number of fused-ring (bicyclic) bond motifs is 1. The van der Waals surface area contributed by atoms with Crippen molar-refractivity contribution in [3.05, 3.63) is 32.4 Å². The molecule has 1 unspecified atom stereocenters. The molecule has 0 bridgehead atoms. The van der Waals surface area contributed by atoms with Crippen LogP contribution in [0, 0.1) is 5.92 Å². The molecule has 1 atom stereocenters. The number of carbonyl (C=O) groups is 2. The normalized spacial score (nSPS) is 15.9. The average molecular weight is 409 g/mol. The molecule has 2 aromatic rings. The van der Waals surface area contributed by atoms with Crippen LogP contribution in [0.15, 0.2) is 16.0 Å². The summed E-state index contributed by atoms with van der Waals surface area (Å²) in [5, 5.41) is 3.58. The van der Waals surface area contributed by atoms with Gasteiger partial charge in [-0.3, -0.25) is 9.59 Å². The predicted molar refractivity (Wildman–Crippen MR) is 105 cm³/mol. The van der Waals surface area contributed by atoms with Gasteiger partial charge in [-0.25, -0.2) is 9.78 Å². The van der Waals surface area contributed by atoms with E-state index in [-0.39, 0.29) is 28.2 Å². The third kappa shape index (κ3) is 4.51. The number of thiophene rings is 1. The summed E-state index contributed by atoms with van der Waals surface area (Å²) in [6.45, 7) is 2.18. The second-order valence-corrected chi connectivity index (χ2v) is 8.43. The molecule has 144 valence electrons. The molecule has 2 aromatic heterocycles. The number of nitrogens with one attached hydrogen (secondary N) is 2. The van der Waals surface area contributed by atoms with Gasteiger partial charge in [0.25, 0.3) is 5.56 Å². The first-order valence-electron chi connectivity index (χ1n) is 8.39. The van der Waals surface area contributed by atoms with Crippen LogP contribution >= 0.6 is 23.1 Å². The number of methoxy groups -OCH3 is 1. The molecule has 0 fully saturated rings. The third-order valence-corrected chi connectivity index (χ3v) is 6.28. The molecule has 0 saturated carbocycles. The van der Waals surface area contributed by atoms with Crippen molar-refractivity contribution in [2.75, 3.05) is 23.9 Å². The maximum atomic E-state index is 12.4. The Bertz CT molecular complexity index is 938. The number of hydrogen-bond donors (Lipinski definition) is 3. The standard InChI is InChI=1S/C17H20N4O4S2/c1-8-3-4-9-10(5-8)27-15(14(9)16(24)25-2)20-13(23)7-26-17-19-11(18)6-12(22)21-17/h6,8H,3-5,7H2,1-2H3,(H,20,23)(H3,18,19,21,22). The van der Waals surface area contributed by atoms with Crippen LogP contribution in [0.2, 0.25) is 0 Å². The van der Waals surface area contributed by atoms with Crippen molar-refractivity contribution >= 4 is 45.8 Å². The fraction of sp³-hybridized carbons (Fsp3) is 0.412. The largest absolute Gasteiger partial charge is 0.465 e. The van der Waals surface area contributed by atoms with Gasteiger partial charge in [0.2, 0.25) is 5.91 Å². The SMILES string of the molecule is COC(=O)c1c(NC(=O)CSc2nc(N)cc(=O)[nH]2)sc2c1CCC(C)C2. The van der Waals surface area contributed by atoms with E-state index in [9.17, 15) is 14.4 Å². The second-order valence-electron chi connectivity index (χ2n) is 6.36. The average Bonchev–Trinajstić information content (AvgIpc) is 2.95. The minimum atomic E-state index is -0.438. The van der Waals surface area contributed by atoms with Crippen molar-refractivity contribution in [2.45, 2.75) is 31.3 Å². The van der Waals surface area contributed by atoms with Crippen LogP contribution < -0.4 is 16.6 Å². The van der Waals surface area contributed by atoms with Crippen LogP contribution in [0.1, 0.15) is 34.1 Å². The Hall–Kier alpha value is -2.33. The number of anilines is 2. The van der Waals surface area contributed by atoms with Gasteiger partial charge in [-0.1, -0.05) is 18.7 Å². The number of esters is 1. The van der Waals surface area contributed by atoms with Crippen molar-refractivity contribution in [3.8, 4) is 0 Å². The first-order valence-corrected chi connectivity index (χ1v) is 10.2. The summed E-state index contributed by atoms with van der Waals surface area (Å²) in [6.07, 6.45) is 2.70. The molecular weight excluding hydrogens is 388 g/mol. The lowest BCUT2D eigenvalue weighted by atomic mass is 9.88. The Kier molecular flexibility index (Phi) is 5.85. The molecule has 8 nitrogen and oxygen atoms in total. The molecule has 1 aliphatic rings. The number of aromatic amines is 1. The fourth-order valence-electron chi connectivity index (χ4n) is 2.98. The molecule has 0 spiro atoms. The van der Waals surface area contributed by atoms with E-state index < -0.39 is 5.97 Å². The predicted octanol–water partition coefficient (Wildman–Crippen LogP) is 2.06. The van der Waals surface area contributed by atoms with Gasteiger partial charge in [-0.2, -0.15) is 0 Å². The van der Waals surface area contributed by atoms with Crippen LogP contribution in [0.5, 0.6) is 0 Å². The number of carbonyl (C=O) groups excluding carboxylic acids is 2. The van der Waals surface area contributed by atoms with Gasteiger partial charge < -0.3 is 20.8 Å². The smallest absolute Gasteiger partial charge is 0.341 e. The molecule has 2 heterocycles. The lowest BCUT2D eigenvalue weighted by Gasteiger charge is -2.18. The lowest BCUT2D eigenvalue weighted by molar-refractivity contribution is -0.113. The number of H-pyrrole nitrogens is 1. The van der Waals surface area contributed by atoms with Crippen LogP contribution in [0.4, 0.5) is 10.8 Å². The number of thioether (sulfide) groups is 1. The molecule has 0 aliphatic heterocycles. The topological polar surface area (TPSA) is 127 Å². The van der Waals surface area contributed by atoms with E-state index in [2.05, 4.69) is 22.2 Å². The van der Waals surface area contributed by atoms with Crippen molar-refractivity contribution in [1.82, 2.24) is 9.97 Å². The Labute approximate surface area is 163 Å². The molecule has 0 aromatic carbocycles. The van der Waals surface area contributed by atoms with E-state index in [1.807, 2.05) is 0 Å². The molecule has 0 saturated heterocycles. The number of amides is 1. The minimum absolute atomic E-state index is 0.0198. The Morgan fingerprint density at radius 1 is 1.52 bits per heavy atom. The van der Waals surface area contributed by atoms with Gasteiger partial charge in [0.1, 0.15) is 10.8 Å². The van der Waals surface area contributed by atoms with E-state index in [1.165, 1.54) is 24.5 Å². The molecule has 10 heteroatoms. The van der Waals surface area contributed by atoms with Crippen molar-refractivity contribution in [2.24, 2.45) is 5.92 Å².